The molecule has 0 fully saturated rings. The molecule has 6 heteroatoms. The summed E-state index contributed by atoms with van der Waals surface area (Å²) in [5, 5.41) is 0. The Bertz CT molecular complexity index is 795. The zero-order valence-electron chi connectivity index (χ0n) is 17.1. The van der Waals surface area contributed by atoms with E-state index in [4.69, 9.17) is 4.74 Å². The molecular weight excluding hydrogens is 342 g/mol. The van der Waals surface area contributed by atoms with E-state index in [2.05, 4.69) is 18.8 Å². The average Bonchev–Trinajstić information content (AvgIpc) is 3.01. The van der Waals surface area contributed by atoms with Crippen LogP contribution in [-0.4, -0.2) is 46.3 Å². The summed E-state index contributed by atoms with van der Waals surface area (Å²) in [6.07, 6.45) is 2.92. The number of nitrogens with zero attached hydrogens (tertiary/aromatic N) is 3. The smallest absolute Gasteiger partial charge is 0.242 e. The number of fused-ring (bicyclic) bond motifs is 1. The molecule has 0 saturated carbocycles. The van der Waals surface area contributed by atoms with Gasteiger partial charge in [0.2, 0.25) is 11.7 Å². The van der Waals surface area contributed by atoms with Crippen molar-refractivity contribution >= 4 is 22.7 Å². The van der Waals surface area contributed by atoms with Crippen molar-refractivity contribution in [2.45, 2.75) is 53.5 Å². The van der Waals surface area contributed by atoms with E-state index < -0.39 is 0 Å². The van der Waals surface area contributed by atoms with Gasteiger partial charge in [-0.1, -0.05) is 34.1 Å². The number of unbranched alkanes of at least 4 members (excludes halogenated alkanes) is 1. The number of rotatable bonds is 10. The standard InChI is InChI=1S/C21H31N3O3/c1-6-8-12-23(11-7-2)19(25)14-24-18-13-16(27-5)9-10-17(18)22-21(24)20(26)15(3)4/h9-10,13,15H,6-8,11-12,14H2,1-5H3. The molecule has 0 spiro atoms. The van der Waals surface area contributed by atoms with E-state index in [1.165, 1.54) is 0 Å². The first-order valence-electron chi connectivity index (χ1n) is 9.79. The van der Waals surface area contributed by atoms with Gasteiger partial charge < -0.3 is 14.2 Å². The van der Waals surface area contributed by atoms with Gasteiger partial charge in [-0.2, -0.15) is 0 Å². The maximum Gasteiger partial charge on any atom is 0.242 e. The number of amides is 1. The molecule has 1 amide bonds. The number of carbonyl (C=O) groups is 2. The number of benzene rings is 1. The average molecular weight is 373 g/mol. The van der Waals surface area contributed by atoms with Crippen molar-refractivity contribution in [1.29, 1.82) is 0 Å². The van der Waals surface area contributed by atoms with E-state index in [1.54, 1.807) is 11.7 Å². The fourth-order valence-corrected chi connectivity index (χ4v) is 3.05. The highest BCUT2D eigenvalue weighted by atomic mass is 16.5. The van der Waals surface area contributed by atoms with Crippen molar-refractivity contribution in [3.05, 3.63) is 24.0 Å². The lowest BCUT2D eigenvalue weighted by Crippen LogP contribution is -2.36. The number of aromatic nitrogens is 2. The first-order valence-corrected chi connectivity index (χ1v) is 9.79. The van der Waals surface area contributed by atoms with Crippen molar-refractivity contribution in [3.8, 4) is 5.75 Å². The van der Waals surface area contributed by atoms with Gasteiger partial charge in [-0.05, 0) is 25.0 Å². The minimum atomic E-state index is -0.190. The van der Waals surface area contributed by atoms with Gasteiger partial charge in [0, 0.05) is 25.1 Å². The predicted octanol–water partition coefficient (Wildman–Crippen LogP) is 3.92. The van der Waals surface area contributed by atoms with Gasteiger partial charge in [0.15, 0.2) is 5.82 Å². The highest BCUT2D eigenvalue weighted by Crippen LogP contribution is 2.24. The van der Waals surface area contributed by atoms with Crippen molar-refractivity contribution in [3.63, 3.8) is 0 Å². The zero-order chi connectivity index (χ0) is 20.0. The molecule has 2 aromatic rings. The quantitative estimate of drug-likeness (QED) is 0.592. The topological polar surface area (TPSA) is 64.4 Å². The van der Waals surface area contributed by atoms with Crippen LogP contribution in [0.4, 0.5) is 0 Å². The molecule has 0 aliphatic rings. The molecule has 0 N–H and O–H groups in total. The molecule has 6 nitrogen and oxygen atoms in total. The molecule has 0 radical (unpaired) electrons. The van der Waals surface area contributed by atoms with Crippen LogP contribution in [0.1, 0.15) is 57.6 Å². The van der Waals surface area contributed by atoms with Gasteiger partial charge in [0.25, 0.3) is 0 Å². The normalized spacial score (nSPS) is 11.2. The van der Waals surface area contributed by atoms with E-state index in [9.17, 15) is 9.59 Å². The number of imidazole rings is 1. The SMILES string of the molecule is CCCCN(CCC)C(=O)Cn1c(C(=O)C(C)C)nc2ccc(OC)cc21. The number of Topliss-reactive ketones (excluding diaryl/α,β-unsaturated/α-hetero) is 1. The first kappa shape index (κ1) is 20.9. The molecular formula is C21H31N3O3. The van der Waals surface area contributed by atoms with Crippen LogP contribution in [0.5, 0.6) is 5.75 Å². The highest BCUT2D eigenvalue weighted by molar-refractivity contribution is 5.98. The van der Waals surface area contributed by atoms with E-state index in [0.717, 1.165) is 37.9 Å². The Balaban J connectivity index is 2.45. The summed E-state index contributed by atoms with van der Waals surface area (Å²) < 4.78 is 7.06. The monoisotopic (exact) mass is 373 g/mol. The van der Waals surface area contributed by atoms with Crippen LogP contribution in [0.3, 0.4) is 0 Å². The third-order valence-electron chi connectivity index (χ3n) is 4.62. The molecule has 0 aliphatic carbocycles. The van der Waals surface area contributed by atoms with Crippen molar-refractivity contribution in [2.75, 3.05) is 20.2 Å². The zero-order valence-corrected chi connectivity index (χ0v) is 17.1. The molecule has 1 aromatic carbocycles. The first-order chi connectivity index (χ1) is 12.9. The minimum absolute atomic E-state index is 0.0187. The summed E-state index contributed by atoms with van der Waals surface area (Å²) in [5.41, 5.74) is 1.45. The van der Waals surface area contributed by atoms with Crippen molar-refractivity contribution < 1.29 is 14.3 Å². The number of ketones is 1. The second kappa shape index (κ2) is 9.53. The Kier molecular flexibility index (Phi) is 7.39. The second-order valence-corrected chi connectivity index (χ2v) is 7.13. The van der Waals surface area contributed by atoms with Crippen molar-refractivity contribution in [2.24, 2.45) is 5.92 Å². The summed E-state index contributed by atoms with van der Waals surface area (Å²) in [4.78, 5) is 32.1. The highest BCUT2D eigenvalue weighted by Gasteiger charge is 2.23. The van der Waals surface area contributed by atoms with E-state index in [-0.39, 0.29) is 24.2 Å². The van der Waals surface area contributed by atoms with Gasteiger partial charge in [0.1, 0.15) is 12.3 Å². The molecule has 0 unspecified atom stereocenters. The molecule has 27 heavy (non-hydrogen) atoms. The molecule has 0 aliphatic heterocycles. The van der Waals surface area contributed by atoms with E-state index >= 15 is 0 Å². The van der Waals surface area contributed by atoms with E-state index in [0.29, 0.717) is 17.1 Å². The number of hydrogen-bond donors (Lipinski definition) is 0. The van der Waals surface area contributed by atoms with E-state index in [1.807, 2.05) is 36.9 Å². The maximum atomic E-state index is 13.0. The third kappa shape index (κ3) is 4.87. The summed E-state index contributed by atoms with van der Waals surface area (Å²) in [6, 6.07) is 5.48. The van der Waals surface area contributed by atoms with Gasteiger partial charge in [0.05, 0.1) is 18.1 Å². The van der Waals surface area contributed by atoms with Crippen LogP contribution in [0.25, 0.3) is 11.0 Å². The Morgan fingerprint density at radius 2 is 1.93 bits per heavy atom. The van der Waals surface area contributed by atoms with Crippen LogP contribution in [-0.2, 0) is 11.3 Å². The van der Waals surface area contributed by atoms with Gasteiger partial charge in [-0.15, -0.1) is 0 Å². The summed E-state index contributed by atoms with van der Waals surface area (Å²) in [5.74, 6) is 0.785. The molecule has 0 bridgehead atoms. The minimum Gasteiger partial charge on any atom is -0.497 e. The Morgan fingerprint density at radius 3 is 2.52 bits per heavy atom. The number of carbonyl (C=O) groups excluding carboxylic acids is 2. The maximum absolute atomic E-state index is 13.0. The summed E-state index contributed by atoms with van der Waals surface area (Å²) >= 11 is 0. The summed E-state index contributed by atoms with van der Waals surface area (Å²) in [6.45, 7) is 9.45. The number of methoxy groups -OCH3 is 1. The predicted molar refractivity (Wildman–Crippen MR) is 107 cm³/mol. The Labute approximate surface area is 161 Å². The van der Waals surface area contributed by atoms with Crippen LogP contribution in [0.15, 0.2) is 18.2 Å². The van der Waals surface area contributed by atoms with Gasteiger partial charge >= 0.3 is 0 Å². The molecule has 2 rings (SSSR count). The number of hydrogen-bond acceptors (Lipinski definition) is 4. The largest absolute Gasteiger partial charge is 0.497 e. The van der Waals surface area contributed by atoms with Crippen LogP contribution in [0, 0.1) is 5.92 Å². The molecule has 1 heterocycles. The lowest BCUT2D eigenvalue weighted by Gasteiger charge is -2.23. The fraction of sp³-hybridized carbons (Fsp3) is 0.571. The van der Waals surface area contributed by atoms with Crippen molar-refractivity contribution in [1.82, 2.24) is 14.5 Å². The summed E-state index contributed by atoms with van der Waals surface area (Å²) in [7, 11) is 1.60. The molecule has 0 saturated heterocycles. The van der Waals surface area contributed by atoms with Crippen LogP contribution < -0.4 is 4.74 Å². The third-order valence-corrected chi connectivity index (χ3v) is 4.62. The van der Waals surface area contributed by atoms with Gasteiger partial charge in [-0.3, -0.25) is 9.59 Å². The van der Waals surface area contributed by atoms with Crippen LogP contribution in [0.2, 0.25) is 0 Å². The van der Waals surface area contributed by atoms with Gasteiger partial charge in [-0.25, -0.2) is 4.98 Å². The lowest BCUT2D eigenvalue weighted by molar-refractivity contribution is -0.131. The second-order valence-electron chi connectivity index (χ2n) is 7.13. The Hall–Kier alpha value is -2.37. The fourth-order valence-electron chi connectivity index (χ4n) is 3.05. The van der Waals surface area contributed by atoms with Crippen LogP contribution >= 0.6 is 0 Å². The number of ether oxygens (including phenoxy) is 1. The molecule has 148 valence electrons. The Morgan fingerprint density at radius 1 is 1.19 bits per heavy atom. The lowest BCUT2D eigenvalue weighted by atomic mass is 10.1. The molecule has 0 atom stereocenters. The molecule has 1 aromatic heterocycles.